The average molecular weight is 462 g/mol. The molecule has 0 unspecified atom stereocenters. The van der Waals surface area contributed by atoms with Crippen molar-refractivity contribution >= 4 is 17.5 Å². The number of ether oxygens (including phenoxy) is 1. The molecule has 0 radical (unpaired) electrons. The first kappa shape index (κ1) is 21.9. The minimum atomic E-state index is -0.0170. The number of fused-ring (bicyclic) bond motifs is 1. The molecule has 170 valence electrons. The van der Waals surface area contributed by atoms with Gasteiger partial charge in [0.05, 0.1) is 10.6 Å². The Hall–Kier alpha value is -2.89. The maximum absolute atomic E-state index is 13.4. The van der Waals surface area contributed by atoms with Gasteiger partial charge in [-0.05, 0) is 42.5 Å². The molecule has 2 aliphatic rings. The van der Waals surface area contributed by atoms with Crippen molar-refractivity contribution in [2.75, 3.05) is 26.2 Å². The summed E-state index contributed by atoms with van der Waals surface area (Å²) < 4.78 is 5.89. The Bertz CT molecular complexity index is 1090. The number of carbonyl (C=O) groups is 1. The van der Waals surface area contributed by atoms with E-state index in [0.29, 0.717) is 41.4 Å². The summed E-state index contributed by atoms with van der Waals surface area (Å²) in [6.07, 6.45) is 5.75. The van der Waals surface area contributed by atoms with E-state index in [0.717, 1.165) is 38.0 Å². The van der Waals surface area contributed by atoms with Crippen LogP contribution in [0, 0.1) is 0 Å². The second-order valence-corrected chi connectivity index (χ2v) is 9.23. The molecular formula is C27H28ClN3O2. The second-order valence-electron chi connectivity index (χ2n) is 8.85. The highest BCUT2D eigenvalue weighted by molar-refractivity contribution is 6.35. The molecule has 0 N–H and O–H groups in total. The number of piperidine rings is 1. The van der Waals surface area contributed by atoms with E-state index in [1.165, 1.54) is 5.56 Å². The van der Waals surface area contributed by atoms with Crippen LogP contribution in [0.4, 0.5) is 0 Å². The van der Waals surface area contributed by atoms with E-state index in [9.17, 15) is 4.79 Å². The Morgan fingerprint density at radius 2 is 1.88 bits per heavy atom. The SMILES string of the molecule is O=C(c1cccc(OCc2cccnc2)c1Cl)N1CCN2C[C@@H](c3ccccc3)CC[C@@H]2C1. The van der Waals surface area contributed by atoms with Crippen molar-refractivity contribution in [1.29, 1.82) is 0 Å². The van der Waals surface area contributed by atoms with Gasteiger partial charge < -0.3 is 9.64 Å². The lowest BCUT2D eigenvalue weighted by molar-refractivity contribution is 0.0329. The molecule has 0 aliphatic carbocycles. The van der Waals surface area contributed by atoms with Gasteiger partial charge in [-0.1, -0.05) is 54.1 Å². The smallest absolute Gasteiger partial charge is 0.255 e. The number of nitrogens with zero attached hydrogens (tertiary/aromatic N) is 3. The van der Waals surface area contributed by atoms with Crippen molar-refractivity contribution in [2.24, 2.45) is 0 Å². The fourth-order valence-electron chi connectivity index (χ4n) is 4.96. The topological polar surface area (TPSA) is 45.7 Å². The molecule has 6 heteroatoms. The zero-order valence-corrected chi connectivity index (χ0v) is 19.3. The first-order valence-corrected chi connectivity index (χ1v) is 12.0. The predicted octanol–water partition coefficient (Wildman–Crippen LogP) is 5.02. The van der Waals surface area contributed by atoms with Gasteiger partial charge in [-0.15, -0.1) is 0 Å². The second kappa shape index (κ2) is 9.94. The molecule has 0 bridgehead atoms. The number of pyridine rings is 1. The molecule has 2 atom stereocenters. The molecule has 3 heterocycles. The predicted molar refractivity (Wildman–Crippen MR) is 130 cm³/mol. The molecule has 5 nitrogen and oxygen atoms in total. The van der Waals surface area contributed by atoms with Crippen LogP contribution in [0.1, 0.15) is 40.2 Å². The quantitative estimate of drug-likeness (QED) is 0.535. The lowest BCUT2D eigenvalue weighted by Crippen LogP contribution is -2.57. The normalized spacial score (nSPS) is 20.8. The molecule has 1 aromatic heterocycles. The zero-order chi connectivity index (χ0) is 22.6. The van der Waals surface area contributed by atoms with Crippen molar-refractivity contribution in [3.05, 3.63) is 94.8 Å². The van der Waals surface area contributed by atoms with Gasteiger partial charge in [0.2, 0.25) is 0 Å². The van der Waals surface area contributed by atoms with Crippen molar-refractivity contribution in [1.82, 2.24) is 14.8 Å². The highest BCUT2D eigenvalue weighted by Crippen LogP contribution is 2.33. The average Bonchev–Trinajstić information content (AvgIpc) is 2.88. The summed E-state index contributed by atoms with van der Waals surface area (Å²) >= 11 is 6.61. The van der Waals surface area contributed by atoms with Crippen LogP contribution in [-0.4, -0.2) is 52.9 Å². The van der Waals surface area contributed by atoms with Gasteiger partial charge in [0, 0.05) is 50.2 Å². The van der Waals surface area contributed by atoms with Crippen LogP contribution in [0.2, 0.25) is 5.02 Å². The van der Waals surface area contributed by atoms with E-state index in [1.807, 2.05) is 23.1 Å². The molecule has 0 saturated carbocycles. The van der Waals surface area contributed by atoms with Crippen LogP contribution in [0.5, 0.6) is 5.75 Å². The van der Waals surface area contributed by atoms with Gasteiger partial charge in [-0.25, -0.2) is 0 Å². The standard InChI is InChI=1S/C27H28ClN3O2/c28-26-24(9-4-10-25(26)33-19-20-6-5-13-29-16-20)27(32)31-15-14-30-17-22(11-12-23(30)18-31)21-7-2-1-3-8-21/h1-10,13,16,22-23H,11-12,14-15,17-19H2/t22-,23+/m0/s1. The number of hydrogen-bond donors (Lipinski definition) is 0. The summed E-state index contributed by atoms with van der Waals surface area (Å²) in [4.78, 5) is 22.0. The lowest BCUT2D eigenvalue weighted by Gasteiger charge is -2.46. The van der Waals surface area contributed by atoms with Crippen LogP contribution in [0.3, 0.4) is 0 Å². The number of amides is 1. The van der Waals surface area contributed by atoms with Gasteiger partial charge in [0.1, 0.15) is 12.4 Å². The number of halogens is 1. The first-order valence-electron chi connectivity index (χ1n) is 11.6. The summed E-state index contributed by atoms with van der Waals surface area (Å²) in [5.41, 5.74) is 2.88. The molecular weight excluding hydrogens is 434 g/mol. The number of hydrogen-bond acceptors (Lipinski definition) is 4. The molecule has 2 fully saturated rings. The van der Waals surface area contributed by atoms with Crippen LogP contribution < -0.4 is 4.74 Å². The van der Waals surface area contributed by atoms with E-state index < -0.39 is 0 Å². The third-order valence-corrected chi connectivity index (χ3v) is 7.17. The van der Waals surface area contributed by atoms with Gasteiger partial charge in [0.25, 0.3) is 5.91 Å². The van der Waals surface area contributed by atoms with Crippen molar-refractivity contribution in [3.8, 4) is 5.75 Å². The minimum absolute atomic E-state index is 0.0170. The number of rotatable bonds is 5. The molecule has 3 aromatic rings. The number of benzene rings is 2. The molecule has 1 amide bonds. The zero-order valence-electron chi connectivity index (χ0n) is 18.6. The fraction of sp³-hybridized carbons (Fsp3) is 0.333. The molecule has 2 aromatic carbocycles. The molecule has 5 rings (SSSR count). The minimum Gasteiger partial charge on any atom is -0.487 e. The summed E-state index contributed by atoms with van der Waals surface area (Å²) in [5.74, 6) is 1.08. The van der Waals surface area contributed by atoms with E-state index >= 15 is 0 Å². The van der Waals surface area contributed by atoms with E-state index in [4.69, 9.17) is 16.3 Å². The maximum Gasteiger partial charge on any atom is 0.255 e. The van der Waals surface area contributed by atoms with Crippen molar-refractivity contribution < 1.29 is 9.53 Å². The Morgan fingerprint density at radius 3 is 2.70 bits per heavy atom. The molecule has 33 heavy (non-hydrogen) atoms. The van der Waals surface area contributed by atoms with Crippen LogP contribution >= 0.6 is 11.6 Å². The van der Waals surface area contributed by atoms with Crippen molar-refractivity contribution in [2.45, 2.75) is 31.4 Å². The summed E-state index contributed by atoms with van der Waals surface area (Å²) in [6, 6.07) is 20.4. The van der Waals surface area contributed by atoms with Gasteiger partial charge in [-0.3, -0.25) is 14.7 Å². The third kappa shape index (κ3) is 4.90. The van der Waals surface area contributed by atoms with Crippen molar-refractivity contribution in [3.63, 3.8) is 0 Å². The van der Waals surface area contributed by atoms with Gasteiger partial charge >= 0.3 is 0 Å². The van der Waals surface area contributed by atoms with E-state index in [1.54, 1.807) is 24.5 Å². The number of aromatic nitrogens is 1. The molecule has 2 aliphatic heterocycles. The fourth-order valence-corrected chi connectivity index (χ4v) is 5.22. The Kier molecular flexibility index (Phi) is 6.60. The Morgan fingerprint density at radius 1 is 1.00 bits per heavy atom. The summed E-state index contributed by atoms with van der Waals surface area (Å²) in [5, 5.41) is 0.376. The maximum atomic E-state index is 13.4. The van der Waals surface area contributed by atoms with E-state index in [2.05, 4.69) is 40.2 Å². The monoisotopic (exact) mass is 461 g/mol. The largest absolute Gasteiger partial charge is 0.487 e. The van der Waals surface area contributed by atoms with Gasteiger partial charge in [0.15, 0.2) is 0 Å². The molecule has 2 saturated heterocycles. The number of piperazine rings is 1. The van der Waals surface area contributed by atoms with E-state index in [-0.39, 0.29) is 5.91 Å². The summed E-state index contributed by atoms with van der Waals surface area (Å²) in [6.45, 7) is 3.78. The Balaban J connectivity index is 1.23. The van der Waals surface area contributed by atoms with Gasteiger partial charge in [-0.2, -0.15) is 0 Å². The lowest BCUT2D eigenvalue weighted by atomic mass is 9.86. The highest BCUT2D eigenvalue weighted by atomic mass is 35.5. The third-order valence-electron chi connectivity index (χ3n) is 6.78. The highest BCUT2D eigenvalue weighted by Gasteiger charge is 2.35. The summed E-state index contributed by atoms with van der Waals surface area (Å²) in [7, 11) is 0. The van der Waals surface area contributed by atoms with Crippen LogP contribution in [0.15, 0.2) is 73.1 Å². The van der Waals surface area contributed by atoms with Crippen LogP contribution in [0.25, 0.3) is 0 Å². The molecule has 0 spiro atoms. The number of carbonyl (C=O) groups excluding carboxylic acids is 1. The first-order chi connectivity index (χ1) is 16.2. The van der Waals surface area contributed by atoms with Crippen LogP contribution in [-0.2, 0) is 6.61 Å². The Labute approximate surface area is 200 Å².